The van der Waals surface area contributed by atoms with Crippen molar-refractivity contribution < 1.29 is 4.79 Å². The maximum absolute atomic E-state index is 11.8. The highest BCUT2D eigenvalue weighted by Gasteiger charge is 2.08. The van der Waals surface area contributed by atoms with Crippen LogP contribution in [0.25, 0.3) is 10.1 Å². The molecule has 0 bridgehead atoms. The standard InChI is InChI=1S/C11H12N2OS/c12-5-6-13-11(14)9-2-1-3-10-8(9)4-7-15-10/h1-4,7H,5-6,12H2,(H,13,14). The molecular formula is C11H12N2OS. The summed E-state index contributed by atoms with van der Waals surface area (Å²) in [4.78, 5) is 11.8. The van der Waals surface area contributed by atoms with E-state index in [1.54, 1.807) is 11.3 Å². The Balaban J connectivity index is 2.34. The van der Waals surface area contributed by atoms with Crippen LogP contribution in [0.3, 0.4) is 0 Å². The fraction of sp³-hybridized carbons (Fsp3) is 0.182. The third-order valence-corrected chi connectivity index (χ3v) is 3.05. The summed E-state index contributed by atoms with van der Waals surface area (Å²) >= 11 is 1.64. The van der Waals surface area contributed by atoms with E-state index < -0.39 is 0 Å². The Morgan fingerprint density at radius 3 is 3.07 bits per heavy atom. The first-order valence-corrected chi connectivity index (χ1v) is 5.65. The molecule has 1 heterocycles. The van der Waals surface area contributed by atoms with Crippen molar-refractivity contribution in [3.05, 3.63) is 35.2 Å². The van der Waals surface area contributed by atoms with Crippen molar-refractivity contribution in [2.75, 3.05) is 13.1 Å². The van der Waals surface area contributed by atoms with Crippen LogP contribution >= 0.6 is 11.3 Å². The van der Waals surface area contributed by atoms with E-state index in [2.05, 4.69) is 5.32 Å². The van der Waals surface area contributed by atoms with Crippen LogP contribution in [0.15, 0.2) is 29.6 Å². The van der Waals surface area contributed by atoms with E-state index in [0.29, 0.717) is 13.1 Å². The van der Waals surface area contributed by atoms with Crippen molar-refractivity contribution >= 4 is 27.3 Å². The lowest BCUT2D eigenvalue weighted by atomic mass is 10.1. The van der Waals surface area contributed by atoms with Crippen LogP contribution in [0, 0.1) is 0 Å². The molecule has 4 heteroatoms. The molecule has 0 atom stereocenters. The molecule has 2 aromatic rings. The van der Waals surface area contributed by atoms with E-state index in [4.69, 9.17) is 5.73 Å². The maximum Gasteiger partial charge on any atom is 0.251 e. The molecule has 0 radical (unpaired) electrons. The summed E-state index contributed by atoms with van der Waals surface area (Å²) in [6.07, 6.45) is 0. The Kier molecular flexibility index (Phi) is 2.99. The monoisotopic (exact) mass is 220 g/mol. The molecule has 0 unspecified atom stereocenters. The molecule has 0 saturated carbocycles. The normalized spacial score (nSPS) is 10.5. The van der Waals surface area contributed by atoms with Crippen LogP contribution in [0.4, 0.5) is 0 Å². The molecule has 3 nitrogen and oxygen atoms in total. The second-order valence-corrected chi connectivity index (χ2v) is 4.13. The van der Waals surface area contributed by atoms with Crippen molar-refractivity contribution in [2.45, 2.75) is 0 Å². The molecule has 0 spiro atoms. The van der Waals surface area contributed by atoms with Crippen molar-refractivity contribution in [3.8, 4) is 0 Å². The van der Waals surface area contributed by atoms with Crippen molar-refractivity contribution in [1.29, 1.82) is 0 Å². The van der Waals surface area contributed by atoms with Gasteiger partial charge in [0.1, 0.15) is 0 Å². The first kappa shape index (κ1) is 10.1. The van der Waals surface area contributed by atoms with Gasteiger partial charge in [0.15, 0.2) is 0 Å². The molecular weight excluding hydrogens is 208 g/mol. The molecule has 0 fully saturated rings. The number of thiophene rings is 1. The molecule has 1 aromatic heterocycles. The topological polar surface area (TPSA) is 55.1 Å². The van der Waals surface area contributed by atoms with E-state index in [-0.39, 0.29) is 5.91 Å². The van der Waals surface area contributed by atoms with Gasteiger partial charge in [0.05, 0.1) is 0 Å². The highest BCUT2D eigenvalue weighted by molar-refractivity contribution is 7.17. The fourth-order valence-electron chi connectivity index (χ4n) is 1.47. The first-order chi connectivity index (χ1) is 7.33. The van der Waals surface area contributed by atoms with Crippen LogP contribution < -0.4 is 11.1 Å². The average molecular weight is 220 g/mol. The van der Waals surface area contributed by atoms with E-state index >= 15 is 0 Å². The number of fused-ring (bicyclic) bond motifs is 1. The minimum absolute atomic E-state index is 0.0514. The van der Waals surface area contributed by atoms with Crippen molar-refractivity contribution in [2.24, 2.45) is 5.73 Å². The lowest BCUT2D eigenvalue weighted by molar-refractivity contribution is 0.0956. The zero-order valence-corrected chi connectivity index (χ0v) is 9.01. The number of hydrogen-bond acceptors (Lipinski definition) is 3. The van der Waals surface area contributed by atoms with Gasteiger partial charge >= 0.3 is 0 Å². The Labute approximate surface area is 91.9 Å². The predicted molar refractivity (Wildman–Crippen MR) is 63.2 cm³/mol. The van der Waals surface area contributed by atoms with E-state index in [1.807, 2.05) is 29.6 Å². The second-order valence-electron chi connectivity index (χ2n) is 3.18. The lowest BCUT2D eigenvalue weighted by Crippen LogP contribution is -2.29. The molecule has 15 heavy (non-hydrogen) atoms. The molecule has 0 aliphatic rings. The molecule has 78 valence electrons. The minimum atomic E-state index is -0.0514. The average Bonchev–Trinajstić information content (AvgIpc) is 2.73. The number of rotatable bonds is 3. The second kappa shape index (κ2) is 4.42. The molecule has 1 aromatic carbocycles. The first-order valence-electron chi connectivity index (χ1n) is 4.77. The van der Waals surface area contributed by atoms with Crippen LogP contribution in [-0.4, -0.2) is 19.0 Å². The van der Waals surface area contributed by atoms with Crippen LogP contribution in [0.5, 0.6) is 0 Å². The van der Waals surface area contributed by atoms with Gasteiger partial charge in [-0.15, -0.1) is 11.3 Å². The quantitative estimate of drug-likeness (QED) is 0.825. The van der Waals surface area contributed by atoms with Gasteiger partial charge in [0.25, 0.3) is 5.91 Å². The summed E-state index contributed by atoms with van der Waals surface area (Å²) in [6.45, 7) is 0.977. The Morgan fingerprint density at radius 2 is 2.27 bits per heavy atom. The van der Waals surface area contributed by atoms with E-state index in [0.717, 1.165) is 15.6 Å². The van der Waals surface area contributed by atoms with Crippen molar-refractivity contribution in [3.63, 3.8) is 0 Å². The van der Waals surface area contributed by atoms with Crippen LogP contribution in [0.1, 0.15) is 10.4 Å². The van der Waals surface area contributed by atoms with Crippen LogP contribution in [-0.2, 0) is 0 Å². The zero-order chi connectivity index (χ0) is 10.7. The molecule has 0 aliphatic carbocycles. The van der Waals surface area contributed by atoms with Gasteiger partial charge in [-0.25, -0.2) is 0 Å². The molecule has 0 aliphatic heterocycles. The summed E-state index contributed by atoms with van der Waals surface area (Å²) in [5.74, 6) is -0.0514. The number of nitrogens with two attached hydrogens (primary N) is 1. The summed E-state index contributed by atoms with van der Waals surface area (Å²) < 4.78 is 1.13. The van der Waals surface area contributed by atoms with E-state index in [9.17, 15) is 4.79 Å². The molecule has 1 amide bonds. The third kappa shape index (κ3) is 2.00. The summed E-state index contributed by atoms with van der Waals surface area (Å²) in [5.41, 5.74) is 6.06. The maximum atomic E-state index is 11.8. The fourth-order valence-corrected chi connectivity index (χ4v) is 2.29. The molecule has 0 saturated heterocycles. The minimum Gasteiger partial charge on any atom is -0.351 e. The molecule has 3 N–H and O–H groups in total. The predicted octanol–water partition coefficient (Wildman–Crippen LogP) is 1.59. The Morgan fingerprint density at radius 1 is 1.40 bits per heavy atom. The zero-order valence-electron chi connectivity index (χ0n) is 8.19. The molecule has 2 rings (SSSR count). The number of amides is 1. The third-order valence-electron chi connectivity index (χ3n) is 2.17. The highest BCUT2D eigenvalue weighted by Crippen LogP contribution is 2.23. The number of carbonyl (C=O) groups is 1. The number of nitrogens with one attached hydrogen (secondary N) is 1. The number of benzene rings is 1. The Hall–Kier alpha value is -1.39. The van der Waals surface area contributed by atoms with Gasteiger partial charge in [0, 0.05) is 28.7 Å². The van der Waals surface area contributed by atoms with Crippen molar-refractivity contribution in [1.82, 2.24) is 5.32 Å². The SMILES string of the molecule is NCCNC(=O)c1cccc2sccc12. The summed E-state index contributed by atoms with van der Waals surface area (Å²) in [5, 5.41) is 5.77. The van der Waals surface area contributed by atoms with Gasteiger partial charge in [-0.05, 0) is 23.6 Å². The van der Waals surface area contributed by atoms with Gasteiger partial charge in [-0.3, -0.25) is 4.79 Å². The van der Waals surface area contributed by atoms with Crippen LogP contribution in [0.2, 0.25) is 0 Å². The van der Waals surface area contributed by atoms with Gasteiger partial charge in [-0.1, -0.05) is 6.07 Å². The lowest BCUT2D eigenvalue weighted by Gasteiger charge is -2.04. The summed E-state index contributed by atoms with van der Waals surface area (Å²) in [6, 6.07) is 7.72. The van der Waals surface area contributed by atoms with Gasteiger partial charge < -0.3 is 11.1 Å². The largest absolute Gasteiger partial charge is 0.351 e. The van der Waals surface area contributed by atoms with Gasteiger partial charge in [0.2, 0.25) is 0 Å². The number of hydrogen-bond donors (Lipinski definition) is 2. The number of carbonyl (C=O) groups excluding carboxylic acids is 1. The van der Waals surface area contributed by atoms with E-state index in [1.165, 1.54) is 0 Å². The van der Waals surface area contributed by atoms with Gasteiger partial charge in [-0.2, -0.15) is 0 Å². The Bertz CT molecular complexity index is 478. The summed E-state index contributed by atoms with van der Waals surface area (Å²) in [7, 11) is 0. The smallest absolute Gasteiger partial charge is 0.251 e. The highest BCUT2D eigenvalue weighted by atomic mass is 32.1.